The molecule has 15 heavy (non-hydrogen) atoms. The minimum Gasteiger partial charge on any atom is -0.330 e. The van der Waals surface area contributed by atoms with Crippen LogP contribution >= 0.6 is 0 Å². The first-order valence-electron chi connectivity index (χ1n) is 5.43. The average Bonchev–Trinajstić information content (AvgIpc) is 2.59. The molecule has 0 spiro atoms. The summed E-state index contributed by atoms with van der Waals surface area (Å²) in [5.74, 6) is 1.12. The highest BCUT2D eigenvalue weighted by atomic mass is 15.0. The van der Waals surface area contributed by atoms with E-state index in [1.807, 2.05) is 0 Å². The summed E-state index contributed by atoms with van der Waals surface area (Å²) in [6, 6.07) is 4.19. The molecule has 0 saturated heterocycles. The molecule has 0 unspecified atom stereocenters. The van der Waals surface area contributed by atoms with Crippen LogP contribution in [0.1, 0.15) is 24.0 Å². The van der Waals surface area contributed by atoms with Crippen LogP contribution in [-0.2, 0) is 12.8 Å². The smallest absolute Gasteiger partial charge is 0.113 e. The first-order valence-corrected chi connectivity index (χ1v) is 5.43. The van der Waals surface area contributed by atoms with Crippen LogP contribution in [0.15, 0.2) is 18.3 Å². The highest BCUT2D eigenvalue weighted by Crippen LogP contribution is 2.17. The van der Waals surface area contributed by atoms with Crippen LogP contribution in [0, 0.1) is 6.92 Å². The topological polar surface area (TPSA) is 43.3 Å². The van der Waals surface area contributed by atoms with Gasteiger partial charge in [0.2, 0.25) is 0 Å². The molecule has 3 nitrogen and oxygen atoms in total. The molecule has 0 bridgehead atoms. The Balaban J connectivity index is 2.70. The lowest BCUT2D eigenvalue weighted by molar-refractivity contribution is 0.899. The maximum absolute atomic E-state index is 5.60. The molecule has 0 atom stereocenters. The summed E-state index contributed by atoms with van der Waals surface area (Å²) < 4.78 is 2.18. The van der Waals surface area contributed by atoms with Gasteiger partial charge in [-0.25, -0.2) is 4.98 Å². The minimum absolute atomic E-state index is 0.657. The maximum atomic E-state index is 5.60. The second-order valence-corrected chi connectivity index (χ2v) is 3.78. The number of nitrogens with zero attached hydrogens (tertiary/aromatic N) is 2. The quantitative estimate of drug-likeness (QED) is 0.825. The average molecular weight is 203 g/mol. The molecule has 0 radical (unpaired) electrons. The molecule has 3 heteroatoms. The highest BCUT2D eigenvalue weighted by Gasteiger charge is 2.10. The first-order chi connectivity index (χ1) is 7.27. The molecule has 2 aromatic rings. The molecule has 0 amide bonds. The molecule has 0 saturated carbocycles. The van der Waals surface area contributed by atoms with Crippen molar-refractivity contribution in [1.82, 2.24) is 9.38 Å². The van der Waals surface area contributed by atoms with Crippen molar-refractivity contribution in [3.05, 3.63) is 35.4 Å². The van der Waals surface area contributed by atoms with Crippen molar-refractivity contribution in [2.75, 3.05) is 6.54 Å². The number of nitrogens with two attached hydrogens (primary N) is 1. The van der Waals surface area contributed by atoms with Crippen molar-refractivity contribution in [3.8, 4) is 0 Å². The monoisotopic (exact) mass is 203 g/mol. The van der Waals surface area contributed by atoms with Crippen LogP contribution in [0.5, 0.6) is 0 Å². The highest BCUT2D eigenvalue weighted by molar-refractivity contribution is 5.59. The minimum atomic E-state index is 0.657. The second-order valence-electron chi connectivity index (χ2n) is 3.78. The summed E-state index contributed by atoms with van der Waals surface area (Å²) in [6.45, 7) is 4.91. The molecule has 0 aliphatic heterocycles. The second kappa shape index (κ2) is 4.03. The lowest BCUT2D eigenvalue weighted by Gasteiger charge is -2.01. The number of pyridine rings is 1. The fraction of sp³-hybridized carbons (Fsp3) is 0.417. The third-order valence-corrected chi connectivity index (χ3v) is 2.71. The predicted molar refractivity (Wildman–Crippen MR) is 62.1 cm³/mol. The van der Waals surface area contributed by atoms with Gasteiger partial charge in [0, 0.05) is 19.0 Å². The zero-order chi connectivity index (χ0) is 10.8. The Kier molecular flexibility index (Phi) is 2.73. The molecule has 0 aliphatic carbocycles. The van der Waals surface area contributed by atoms with Crippen LogP contribution in [0.25, 0.3) is 5.52 Å². The first kappa shape index (κ1) is 10.2. The molecule has 0 fully saturated rings. The maximum Gasteiger partial charge on any atom is 0.113 e. The van der Waals surface area contributed by atoms with E-state index in [0.29, 0.717) is 6.54 Å². The number of hydrogen-bond acceptors (Lipinski definition) is 2. The van der Waals surface area contributed by atoms with Crippen LogP contribution in [0.4, 0.5) is 0 Å². The Hall–Kier alpha value is -1.35. The van der Waals surface area contributed by atoms with Gasteiger partial charge in [-0.15, -0.1) is 0 Å². The SMILES string of the molecule is CCc1nc(CCN)c2c(C)cccn12. The zero-order valence-corrected chi connectivity index (χ0v) is 9.33. The fourth-order valence-electron chi connectivity index (χ4n) is 2.02. The van der Waals surface area contributed by atoms with E-state index in [2.05, 4.69) is 41.6 Å². The van der Waals surface area contributed by atoms with Crippen molar-refractivity contribution in [3.63, 3.8) is 0 Å². The van der Waals surface area contributed by atoms with E-state index in [-0.39, 0.29) is 0 Å². The molecule has 2 rings (SSSR count). The predicted octanol–water partition coefficient (Wildman–Crippen LogP) is 1.71. The van der Waals surface area contributed by atoms with E-state index in [9.17, 15) is 0 Å². The standard InChI is InChI=1S/C12H17N3/c1-3-11-14-10(6-7-13)12-9(2)5-4-8-15(11)12/h4-5,8H,3,6-7,13H2,1-2H3. The zero-order valence-electron chi connectivity index (χ0n) is 9.33. The van der Waals surface area contributed by atoms with Crippen molar-refractivity contribution < 1.29 is 0 Å². The molecule has 80 valence electrons. The number of fused-ring (bicyclic) bond motifs is 1. The van der Waals surface area contributed by atoms with Crippen LogP contribution < -0.4 is 5.73 Å². The Bertz CT molecular complexity index is 471. The molecular weight excluding hydrogens is 186 g/mol. The normalized spacial score (nSPS) is 11.1. The molecule has 0 aliphatic rings. The van der Waals surface area contributed by atoms with Crippen molar-refractivity contribution in [2.24, 2.45) is 5.73 Å². The fourth-order valence-corrected chi connectivity index (χ4v) is 2.02. The van der Waals surface area contributed by atoms with Gasteiger partial charge in [-0.3, -0.25) is 0 Å². The van der Waals surface area contributed by atoms with Gasteiger partial charge < -0.3 is 10.1 Å². The molecular formula is C12H17N3. The molecule has 2 heterocycles. The van der Waals surface area contributed by atoms with Crippen LogP contribution in [0.2, 0.25) is 0 Å². The van der Waals surface area contributed by atoms with E-state index in [1.165, 1.54) is 11.1 Å². The third-order valence-electron chi connectivity index (χ3n) is 2.71. The van der Waals surface area contributed by atoms with E-state index in [1.54, 1.807) is 0 Å². The number of rotatable bonds is 3. The van der Waals surface area contributed by atoms with Crippen LogP contribution in [0.3, 0.4) is 0 Å². The van der Waals surface area contributed by atoms with Gasteiger partial charge in [0.1, 0.15) is 5.82 Å². The Morgan fingerprint density at radius 3 is 2.93 bits per heavy atom. The number of hydrogen-bond donors (Lipinski definition) is 1. The Morgan fingerprint density at radius 2 is 2.27 bits per heavy atom. The van der Waals surface area contributed by atoms with Gasteiger partial charge in [0.05, 0.1) is 11.2 Å². The largest absolute Gasteiger partial charge is 0.330 e. The van der Waals surface area contributed by atoms with E-state index in [4.69, 9.17) is 5.73 Å². The number of aromatic nitrogens is 2. The van der Waals surface area contributed by atoms with Gasteiger partial charge in [-0.05, 0) is 25.1 Å². The number of imidazole rings is 1. The van der Waals surface area contributed by atoms with Crippen molar-refractivity contribution in [2.45, 2.75) is 26.7 Å². The number of aryl methyl sites for hydroxylation is 2. The third kappa shape index (κ3) is 1.63. The summed E-state index contributed by atoms with van der Waals surface area (Å²) in [5.41, 5.74) is 9.24. The Labute approximate surface area is 89.9 Å². The van der Waals surface area contributed by atoms with Crippen molar-refractivity contribution >= 4 is 5.52 Å². The van der Waals surface area contributed by atoms with Gasteiger partial charge >= 0.3 is 0 Å². The van der Waals surface area contributed by atoms with E-state index >= 15 is 0 Å². The molecule has 2 aromatic heterocycles. The van der Waals surface area contributed by atoms with Gasteiger partial charge in [0.15, 0.2) is 0 Å². The summed E-state index contributed by atoms with van der Waals surface area (Å²) in [4.78, 5) is 4.64. The summed E-state index contributed by atoms with van der Waals surface area (Å²) in [7, 11) is 0. The van der Waals surface area contributed by atoms with E-state index < -0.39 is 0 Å². The molecule has 2 N–H and O–H groups in total. The lowest BCUT2D eigenvalue weighted by atomic mass is 10.2. The summed E-state index contributed by atoms with van der Waals surface area (Å²) in [5, 5.41) is 0. The van der Waals surface area contributed by atoms with Gasteiger partial charge in [-0.1, -0.05) is 13.0 Å². The van der Waals surface area contributed by atoms with Crippen LogP contribution in [-0.4, -0.2) is 15.9 Å². The summed E-state index contributed by atoms with van der Waals surface area (Å²) in [6.07, 6.45) is 3.89. The van der Waals surface area contributed by atoms with Crippen molar-refractivity contribution in [1.29, 1.82) is 0 Å². The Morgan fingerprint density at radius 1 is 1.47 bits per heavy atom. The van der Waals surface area contributed by atoms with Gasteiger partial charge in [0.25, 0.3) is 0 Å². The summed E-state index contributed by atoms with van der Waals surface area (Å²) >= 11 is 0. The molecule has 0 aromatic carbocycles. The van der Waals surface area contributed by atoms with E-state index in [0.717, 1.165) is 24.4 Å². The lowest BCUT2D eigenvalue weighted by Crippen LogP contribution is -2.03. The van der Waals surface area contributed by atoms with Gasteiger partial charge in [-0.2, -0.15) is 0 Å².